The molecule has 22 heavy (non-hydrogen) atoms. The molecule has 0 spiro atoms. The van der Waals surface area contributed by atoms with Crippen LogP contribution in [-0.2, 0) is 0 Å². The van der Waals surface area contributed by atoms with E-state index in [0.717, 1.165) is 42.8 Å². The number of halogens is 1. The molecule has 1 heterocycles. The van der Waals surface area contributed by atoms with Gasteiger partial charge in [0.2, 0.25) is 0 Å². The molecule has 0 aliphatic rings. The fraction of sp³-hybridized carbons (Fsp3) is 0.471. The molecule has 2 aromatic rings. The number of rotatable bonds is 8. The Labute approximate surface area is 137 Å². The summed E-state index contributed by atoms with van der Waals surface area (Å²) >= 11 is 6.02. The molecule has 0 bridgehead atoms. The molecule has 1 aromatic heterocycles. The Morgan fingerprint density at radius 3 is 2.73 bits per heavy atom. The van der Waals surface area contributed by atoms with Gasteiger partial charge in [-0.2, -0.15) is 0 Å². The smallest absolute Gasteiger partial charge is 0.0739 e. The van der Waals surface area contributed by atoms with Gasteiger partial charge in [-0.25, -0.2) is 0 Å². The fourth-order valence-corrected chi connectivity index (χ4v) is 2.68. The van der Waals surface area contributed by atoms with Crippen LogP contribution >= 0.6 is 11.6 Å². The molecule has 0 fully saturated rings. The van der Waals surface area contributed by atoms with Gasteiger partial charge in [0.25, 0.3) is 0 Å². The van der Waals surface area contributed by atoms with Crippen LogP contribution in [-0.4, -0.2) is 42.2 Å². The molecule has 0 amide bonds. The molecule has 120 valence electrons. The highest BCUT2D eigenvalue weighted by atomic mass is 35.5. The monoisotopic (exact) mass is 320 g/mol. The van der Waals surface area contributed by atoms with Gasteiger partial charge in [0, 0.05) is 35.4 Å². The number of aromatic nitrogens is 1. The molecule has 1 unspecified atom stereocenters. The quantitative estimate of drug-likeness (QED) is 0.729. The summed E-state index contributed by atoms with van der Waals surface area (Å²) in [6.45, 7) is 10.7. The lowest BCUT2D eigenvalue weighted by molar-refractivity contribution is 0.299. The Kier molecular flexibility index (Phi) is 6.43. The van der Waals surface area contributed by atoms with E-state index in [4.69, 9.17) is 11.6 Å². The minimum atomic E-state index is 0.192. The largest absolute Gasteiger partial charge is 0.370 e. The van der Waals surface area contributed by atoms with Gasteiger partial charge in [-0.05, 0) is 44.3 Å². The van der Waals surface area contributed by atoms with Gasteiger partial charge in [-0.15, -0.1) is 0 Å². The molecule has 0 aliphatic carbocycles. The zero-order valence-electron chi connectivity index (χ0n) is 13.6. The minimum absolute atomic E-state index is 0.192. The van der Waals surface area contributed by atoms with Crippen molar-refractivity contribution in [1.29, 1.82) is 0 Å². The van der Waals surface area contributed by atoms with Crippen LogP contribution in [0.15, 0.2) is 30.5 Å². The van der Waals surface area contributed by atoms with Crippen molar-refractivity contribution >= 4 is 28.2 Å². The molecule has 0 saturated carbocycles. The maximum absolute atomic E-state index is 6.02. The van der Waals surface area contributed by atoms with Crippen LogP contribution in [0.2, 0.25) is 5.02 Å². The number of benzene rings is 1. The van der Waals surface area contributed by atoms with Crippen LogP contribution in [0.4, 0.5) is 5.69 Å². The van der Waals surface area contributed by atoms with Gasteiger partial charge in [0.1, 0.15) is 0 Å². The molecule has 0 saturated heterocycles. The van der Waals surface area contributed by atoms with Crippen molar-refractivity contribution in [1.82, 2.24) is 15.2 Å². The van der Waals surface area contributed by atoms with E-state index >= 15 is 0 Å². The maximum atomic E-state index is 6.02. The van der Waals surface area contributed by atoms with Gasteiger partial charge < -0.3 is 10.2 Å². The van der Waals surface area contributed by atoms with Crippen molar-refractivity contribution in [2.45, 2.75) is 26.9 Å². The summed E-state index contributed by atoms with van der Waals surface area (Å²) < 4.78 is 0. The third kappa shape index (κ3) is 4.57. The second-order valence-corrected chi connectivity index (χ2v) is 5.80. The van der Waals surface area contributed by atoms with Crippen molar-refractivity contribution < 1.29 is 0 Å². The van der Waals surface area contributed by atoms with Crippen molar-refractivity contribution in [2.24, 2.45) is 0 Å². The molecular formula is C17H25ClN4. The Balaban J connectivity index is 1.95. The highest BCUT2D eigenvalue weighted by Crippen LogP contribution is 2.24. The Morgan fingerprint density at radius 2 is 2.00 bits per heavy atom. The molecule has 0 aliphatic heterocycles. The van der Waals surface area contributed by atoms with Gasteiger partial charge in [0.05, 0.1) is 11.7 Å². The normalized spacial score (nSPS) is 12.8. The fourth-order valence-electron chi connectivity index (χ4n) is 2.51. The topological polar surface area (TPSA) is 40.2 Å². The van der Waals surface area contributed by atoms with Crippen molar-refractivity contribution in [3.05, 3.63) is 35.5 Å². The van der Waals surface area contributed by atoms with Crippen LogP contribution in [0.25, 0.3) is 10.9 Å². The number of hydrogen-bond acceptors (Lipinski definition) is 4. The van der Waals surface area contributed by atoms with Crippen LogP contribution in [0.1, 0.15) is 20.8 Å². The third-order valence-electron chi connectivity index (χ3n) is 3.85. The van der Waals surface area contributed by atoms with Gasteiger partial charge in [-0.3, -0.25) is 10.3 Å². The van der Waals surface area contributed by atoms with E-state index in [0.29, 0.717) is 5.02 Å². The van der Waals surface area contributed by atoms with Crippen LogP contribution < -0.4 is 10.6 Å². The van der Waals surface area contributed by atoms with E-state index in [2.05, 4.69) is 41.3 Å². The van der Waals surface area contributed by atoms with Crippen molar-refractivity contribution in [3.63, 3.8) is 0 Å². The molecule has 1 atom stereocenters. The minimum Gasteiger partial charge on any atom is -0.370 e. The van der Waals surface area contributed by atoms with E-state index in [1.165, 1.54) is 0 Å². The predicted octanol–water partition coefficient (Wildman–Crippen LogP) is 3.58. The average Bonchev–Trinajstić information content (AvgIpc) is 2.51. The number of fused-ring (bicyclic) bond motifs is 1. The van der Waals surface area contributed by atoms with Crippen LogP contribution in [0, 0.1) is 0 Å². The lowest BCUT2D eigenvalue weighted by Crippen LogP contribution is -2.39. The van der Waals surface area contributed by atoms with Gasteiger partial charge in [0.15, 0.2) is 0 Å². The first-order chi connectivity index (χ1) is 10.6. The second-order valence-electron chi connectivity index (χ2n) is 5.37. The number of likely N-dealkylation sites (N-methyl/N-ethyl adjacent to an activating group) is 1. The first-order valence-corrected chi connectivity index (χ1v) is 8.28. The zero-order chi connectivity index (χ0) is 15.9. The average molecular weight is 321 g/mol. The van der Waals surface area contributed by atoms with Gasteiger partial charge in [-0.1, -0.05) is 25.4 Å². The Bertz CT molecular complexity index is 598. The summed E-state index contributed by atoms with van der Waals surface area (Å²) in [7, 11) is 0. The van der Waals surface area contributed by atoms with Crippen molar-refractivity contribution in [2.75, 3.05) is 31.5 Å². The molecular weight excluding hydrogens is 296 g/mol. The first-order valence-electron chi connectivity index (χ1n) is 7.90. The van der Waals surface area contributed by atoms with E-state index in [-0.39, 0.29) is 6.17 Å². The number of anilines is 1. The Hall–Kier alpha value is -1.36. The lowest BCUT2D eigenvalue weighted by atomic mass is 10.2. The summed E-state index contributed by atoms with van der Waals surface area (Å²) in [4.78, 5) is 6.77. The summed E-state index contributed by atoms with van der Waals surface area (Å²) in [5.74, 6) is 0. The molecule has 0 radical (unpaired) electrons. The molecule has 4 nitrogen and oxygen atoms in total. The second kappa shape index (κ2) is 8.32. The third-order valence-corrected chi connectivity index (χ3v) is 4.08. The molecule has 2 rings (SSSR count). The lowest BCUT2D eigenvalue weighted by Gasteiger charge is -2.22. The summed E-state index contributed by atoms with van der Waals surface area (Å²) in [5, 5.41) is 8.81. The number of nitrogens with one attached hydrogen (secondary N) is 2. The summed E-state index contributed by atoms with van der Waals surface area (Å²) in [6.07, 6.45) is 2.00. The Morgan fingerprint density at radius 1 is 1.23 bits per heavy atom. The maximum Gasteiger partial charge on any atom is 0.0739 e. The molecule has 2 N–H and O–H groups in total. The van der Waals surface area contributed by atoms with E-state index < -0.39 is 0 Å². The zero-order valence-corrected chi connectivity index (χ0v) is 14.3. The molecule has 5 heteroatoms. The van der Waals surface area contributed by atoms with E-state index in [1.54, 1.807) is 0 Å². The SMILES string of the molecule is CCN(CC)CCNC(C)Nc1ccnc2cc(Cl)ccc12. The highest BCUT2D eigenvalue weighted by molar-refractivity contribution is 6.31. The number of hydrogen-bond donors (Lipinski definition) is 2. The first kappa shape index (κ1) is 17.0. The number of pyridine rings is 1. The summed E-state index contributed by atoms with van der Waals surface area (Å²) in [5.41, 5.74) is 1.98. The van der Waals surface area contributed by atoms with Gasteiger partial charge >= 0.3 is 0 Å². The van der Waals surface area contributed by atoms with Crippen molar-refractivity contribution in [3.8, 4) is 0 Å². The highest BCUT2D eigenvalue weighted by Gasteiger charge is 2.06. The standard InChI is InChI=1S/C17H25ClN4/c1-4-22(5-2)11-10-19-13(3)21-16-8-9-20-17-12-14(18)6-7-15(16)17/h6-9,12-13,19H,4-5,10-11H2,1-3H3,(H,20,21). The number of nitrogens with zero attached hydrogens (tertiary/aromatic N) is 2. The van der Waals surface area contributed by atoms with Crippen LogP contribution in [0.5, 0.6) is 0 Å². The predicted molar refractivity (Wildman–Crippen MR) is 95.6 cm³/mol. The summed E-state index contributed by atoms with van der Waals surface area (Å²) in [6, 6.07) is 7.80. The van der Waals surface area contributed by atoms with E-state index in [1.807, 2.05) is 30.5 Å². The molecule has 1 aromatic carbocycles. The van der Waals surface area contributed by atoms with E-state index in [9.17, 15) is 0 Å². The van der Waals surface area contributed by atoms with Crippen LogP contribution in [0.3, 0.4) is 0 Å².